The molecule has 1 saturated heterocycles. The van der Waals surface area contributed by atoms with Crippen molar-refractivity contribution in [3.8, 4) is 5.88 Å². The molecule has 6 heteroatoms. The summed E-state index contributed by atoms with van der Waals surface area (Å²) in [4.78, 5) is 19.6. The van der Waals surface area contributed by atoms with Crippen LogP contribution in [0.3, 0.4) is 0 Å². The van der Waals surface area contributed by atoms with Gasteiger partial charge >= 0.3 is 5.97 Å². The second-order valence-electron chi connectivity index (χ2n) is 4.35. The van der Waals surface area contributed by atoms with E-state index in [0.717, 1.165) is 11.3 Å². The Hall–Kier alpha value is -1.69. The highest BCUT2D eigenvalue weighted by Crippen LogP contribution is 2.20. The molecule has 6 nitrogen and oxygen atoms in total. The molecule has 0 spiro atoms. The molecule has 98 valence electrons. The molecule has 18 heavy (non-hydrogen) atoms. The second-order valence-corrected chi connectivity index (χ2v) is 4.35. The minimum atomic E-state index is -0.289. The Labute approximate surface area is 106 Å². The summed E-state index contributed by atoms with van der Waals surface area (Å²) in [5, 5.41) is 3.07. The summed E-state index contributed by atoms with van der Waals surface area (Å²) in [6.07, 6.45) is 2.01. The first-order chi connectivity index (χ1) is 8.61. The Morgan fingerprint density at radius 1 is 1.44 bits per heavy atom. The van der Waals surface area contributed by atoms with Crippen molar-refractivity contribution >= 4 is 5.97 Å². The Kier molecular flexibility index (Phi) is 3.76. The molecule has 1 aliphatic heterocycles. The number of ether oxygens (including phenoxy) is 2. The van der Waals surface area contributed by atoms with Gasteiger partial charge < -0.3 is 14.8 Å². The zero-order valence-electron chi connectivity index (χ0n) is 10.8. The average Bonchev–Trinajstić information content (AvgIpc) is 2.82. The number of rotatable bonds is 3. The van der Waals surface area contributed by atoms with Crippen molar-refractivity contribution in [2.75, 3.05) is 13.7 Å². The molecule has 0 aromatic carbocycles. The minimum Gasteiger partial charge on any atom is -0.473 e. The lowest BCUT2D eigenvalue weighted by Gasteiger charge is -2.14. The first-order valence-electron chi connectivity index (χ1n) is 5.88. The molecule has 2 rings (SSSR count). The third kappa shape index (κ3) is 2.59. The van der Waals surface area contributed by atoms with Crippen molar-refractivity contribution in [1.29, 1.82) is 0 Å². The minimum absolute atomic E-state index is 0.0675. The fourth-order valence-electron chi connectivity index (χ4n) is 1.91. The van der Waals surface area contributed by atoms with Crippen LogP contribution in [0.1, 0.15) is 17.7 Å². The van der Waals surface area contributed by atoms with Crippen LogP contribution in [0.15, 0.2) is 6.33 Å². The Balaban J connectivity index is 1.99. The second kappa shape index (κ2) is 5.30. The third-order valence-electron chi connectivity index (χ3n) is 3.14. The van der Waals surface area contributed by atoms with Crippen LogP contribution < -0.4 is 10.1 Å². The van der Waals surface area contributed by atoms with E-state index in [1.54, 1.807) is 0 Å². The summed E-state index contributed by atoms with van der Waals surface area (Å²) in [7, 11) is 1.39. The smallest absolute Gasteiger partial charge is 0.323 e. The Morgan fingerprint density at radius 3 is 2.94 bits per heavy atom. The van der Waals surface area contributed by atoms with Gasteiger partial charge in [0.2, 0.25) is 5.88 Å². The number of methoxy groups -OCH3 is 1. The molecule has 1 aliphatic rings. The van der Waals surface area contributed by atoms with E-state index in [0.29, 0.717) is 18.8 Å². The van der Waals surface area contributed by atoms with Gasteiger partial charge in [0.15, 0.2) is 0 Å². The van der Waals surface area contributed by atoms with E-state index in [1.807, 2.05) is 13.8 Å². The van der Waals surface area contributed by atoms with Crippen molar-refractivity contribution in [1.82, 2.24) is 15.3 Å². The summed E-state index contributed by atoms with van der Waals surface area (Å²) in [6, 6.07) is -0.289. The summed E-state index contributed by atoms with van der Waals surface area (Å²) in [6.45, 7) is 4.45. The van der Waals surface area contributed by atoms with Gasteiger partial charge in [-0.1, -0.05) is 0 Å². The number of hydrogen-bond donors (Lipinski definition) is 1. The van der Waals surface area contributed by atoms with Crippen LogP contribution in [0, 0.1) is 13.8 Å². The summed E-state index contributed by atoms with van der Waals surface area (Å²) >= 11 is 0. The van der Waals surface area contributed by atoms with Gasteiger partial charge in [-0.3, -0.25) is 4.79 Å². The molecule has 0 radical (unpaired) electrons. The number of nitrogens with zero attached hydrogens (tertiary/aromatic N) is 2. The zero-order chi connectivity index (χ0) is 13.1. The van der Waals surface area contributed by atoms with Crippen molar-refractivity contribution in [2.24, 2.45) is 0 Å². The van der Waals surface area contributed by atoms with Gasteiger partial charge in [-0.05, 0) is 13.8 Å². The molecule has 2 unspecified atom stereocenters. The topological polar surface area (TPSA) is 73.3 Å². The monoisotopic (exact) mass is 251 g/mol. The molecule has 2 atom stereocenters. The molecule has 1 N–H and O–H groups in total. The maximum atomic E-state index is 11.4. The maximum absolute atomic E-state index is 11.4. The lowest BCUT2D eigenvalue weighted by Crippen LogP contribution is -2.31. The van der Waals surface area contributed by atoms with Crippen molar-refractivity contribution in [2.45, 2.75) is 32.4 Å². The van der Waals surface area contributed by atoms with Gasteiger partial charge in [0.05, 0.1) is 7.11 Å². The fourth-order valence-corrected chi connectivity index (χ4v) is 1.91. The largest absolute Gasteiger partial charge is 0.473 e. The first-order valence-corrected chi connectivity index (χ1v) is 5.88. The average molecular weight is 251 g/mol. The van der Waals surface area contributed by atoms with Crippen LogP contribution in [0.4, 0.5) is 0 Å². The third-order valence-corrected chi connectivity index (χ3v) is 3.14. The molecular weight excluding hydrogens is 234 g/mol. The Morgan fingerprint density at radius 2 is 2.22 bits per heavy atom. The number of aromatic nitrogens is 2. The quantitative estimate of drug-likeness (QED) is 0.783. The molecule has 0 bridgehead atoms. The molecule has 1 aromatic rings. The van der Waals surface area contributed by atoms with Crippen LogP contribution in [-0.4, -0.2) is 41.7 Å². The van der Waals surface area contributed by atoms with Crippen LogP contribution in [-0.2, 0) is 9.53 Å². The van der Waals surface area contributed by atoms with E-state index in [2.05, 4.69) is 15.3 Å². The van der Waals surface area contributed by atoms with E-state index in [1.165, 1.54) is 13.4 Å². The standard InChI is InChI=1S/C12H17N3O3/c1-7-8(2)14-6-15-11(7)18-9-4-10(13-5-9)12(16)17-3/h6,9-10,13H,4-5H2,1-3H3. The van der Waals surface area contributed by atoms with Gasteiger partial charge in [0, 0.05) is 24.2 Å². The number of carbonyl (C=O) groups is 1. The van der Waals surface area contributed by atoms with Crippen molar-refractivity contribution in [3.63, 3.8) is 0 Å². The number of hydrogen-bond acceptors (Lipinski definition) is 6. The molecular formula is C12H17N3O3. The highest BCUT2D eigenvalue weighted by atomic mass is 16.5. The summed E-state index contributed by atoms with van der Waals surface area (Å²) in [5.41, 5.74) is 1.83. The molecule has 0 saturated carbocycles. The van der Waals surface area contributed by atoms with Gasteiger partial charge in [-0.15, -0.1) is 0 Å². The first kappa shape index (κ1) is 12.8. The summed E-state index contributed by atoms with van der Waals surface area (Å²) in [5.74, 6) is 0.330. The number of esters is 1. The molecule has 1 aromatic heterocycles. The molecule has 0 amide bonds. The molecule has 1 fully saturated rings. The molecule has 2 heterocycles. The van der Waals surface area contributed by atoms with Crippen LogP contribution in [0.2, 0.25) is 0 Å². The fraction of sp³-hybridized carbons (Fsp3) is 0.583. The van der Waals surface area contributed by atoms with Crippen LogP contribution >= 0.6 is 0 Å². The van der Waals surface area contributed by atoms with Gasteiger partial charge in [-0.25, -0.2) is 9.97 Å². The normalized spacial score (nSPS) is 22.8. The highest BCUT2D eigenvalue weighted by Gasteiger charge is 2.31. The van der Waals surface area contributed by atoms with Crippen molar-refractivity contribution in [3.05, 3.63) is 17.6 Å². The van der Waals surface area contributed by atoms with Gasteiger partial charge in [0.25, 0.3) is 0 Å². The van der Waals surface area contributed by atoms with Crippen molar-refractivity contribution < 1.29 is 14.3 Å². The predicted molar refractivity (Wildman–Crippen MR) is 64.3 cm³/mol. The van der Waals surface area contributed by atoms with E-state index in [-0.39, 0.29) is 18.1 Å². The summed E-state index contributed by atoms with van der Waals surface area (Å²) < 4.78 is 10.5. The number of nitrogens with one attached hydrogen (secondary N) is 1. The SMILES string of the molecule is COC(=O)C1CC(Oc2ncnc(C)c2C)CN1. The van der Waals surface area contributed by atoms with E-state index < -0.39 is 0 Å². The predicted octanol–water partition coefficient (Wildman–Crippen LogP) is 0.376. The number of carbonyl (C=O) groups excluding carboxylic acids is 1. The highest BCUT2D eigenvalue weighted by molar-refractivity contribution is 5.76. The lowest BCUT2D eigenvalue weighted by atomic mass is 10.2. The van der Waals surface area contributed by atoms with Gasteiger partial charge in [-0.2, -0.15) is 0 Å². The zero-order valence-corrected chi connectivity index (χ0v) is 10.8. The van der Waals surface area contributed by atoms with Crippen LogP contribution in [0.5, 0.6) is 5.88 Å². The lowest BCUT2D eigenvalue weighted by molar-refractivity contribution is -0.142. The van der Waals surface area contributed by atoms with E-state index >= 15 is 0 Å². The maximum Gasteiger partial charge on any atom is 0.323 e. The number of aryl methyl sites for hydroxylation is 1. The van der Waals surface area contributed by atoms with E-state index in [9.17, 15) is 4.79 Å². The Bertz CT molecular complexity index is 450. The van der Waals surface area contributed by atoms with Crippen LogP contribution in [0.25, 0.3) is 0 Å². The molecule has 0 aliphatic carbocycles. The van der Waals surface area contributed by atoms with Gasteiger partial charge in [0.1, 0.15) is 18.5 Å². The van der Waals surface area contributed by atoms with E-state index in [4.69, 9.17) is 9.47 Å².